The van der Waals surface area contributed by atoms with E-state index in [1.807, 2.05) is 0 Å². The summed E-state index contributed by atoms with van der Waals surface area (Å²) >= 11 is 0. The minimum absolute atomic E-state index is 0.239. The van der Waals surface area contributed by atoms with Gasteiger partial charge in [0, 0.05) is 0 Å². The normalized spacial score (nSPS) is 9.38. The van der Waals surface area contributed by atoms with Crippen LogP contribution in [0.15, 0.2) is 30.3 Å². The van der Waals surface area contributed by atoms with Crippen molar-refractivity contribution >= 4 is 11.8 Å². The van der Waals surface area contributed by atoms with Gasteiger partial charge in [-0.05, 0) is 19.1 Å². The molecule has 0 bridgehead atoms. The van der Waals surface area contributed by atoms with Crippen LogP contribution in [0.5, 0.6) is 0 Å². The van der Waals surface area contributed by atoms with E-state index in [4.69, 9.17) is 0 Å². The number of para-hydroxylation sites is 1. The first kappa shape index (κ1) is 9.54. The molecule has 1 amide bonds. The maximum Gasteiger partial charge on any atom is 0.438 e. The Hall–Kier alpha value is -1.55. The van der Waals surface area contributed by atoms with Gasteiger partial charge in [-0.2, -0.15) is 5.06 Å². The number of carbonyl (C=O) groups excluding carboxylic acids is 1. The number of hydroxylamine groups is 1. The Morgan fingerprint density at radius 2 is 2.08 bits per heavy atom. The first-order chi connectivity index (χ1) is 6.25. The fourth-order valence-electron chi connectivity index (χ4n) is 0.859. The van der Waals surface area contributed by atoms with Crippen LogP contribution in [0.3, 0.4) is 0 Å². The van der Waals surface area contributed by atoms with E-state index in [2.05, 4.69) is 4.74 Å². The number of hydrogen-bond acceptors (Lipinski definition) is 3. The topological polar surface area (TPSA) is 49.8 Å². The van der Waals surface area contributed by atoms with Crippen molar-refractivity contribution in [1.82, 2.24) is 0 Å². The first-order valence-corrected chi connectivity index (χ1v) is 3.96. The molecule has 0 aliphatic carbocycles. The van der Waals surface area contributed by atoms with Crippen molar-refractivity contribution in [1.29, 1.82) is 0 Å². The van der Waals surface area contributed by atoms with Crippen LogP contribution < -0.4 is 5.06 Å². The van der Waals surface area contributed by atoms with Gasteiger partial charge in [0.15, 0.2) is 0 Å². The second-order valence-corrected chi connectivity index (χ2v) is 2.35. The predicted molar refractivity (Wildman–Crippen MR) is 47.7 cm³/mol. The highest BCUT2D eigenvalue weighted by molar-refractivity contribution is 5.84. The van der Waals surface area contributed by atoms with Crippen LogP contribution in [-0.2, 0) is 4.74 Å². The third kappa shape index (κ3) is 2.45. The van der Waals surface area contributed by atoms with Gasteiger partial charge in [-0.15, -0.1) is 0 Å². The summed E-state index contributed by atoms with van der Waals surface area (Å²) in [5, 5.41) is 9.75. The van der Waals surface area contributed by atoms with E-state index in [0.29, 0.717) is 10.8 Å². The van der Waals surface area contributed by atoms with Gasteiger partial charge in [0.1, 0.15) is 0 Å². The Morgan fingerprint density at radius 1 is 1.46 bits per heavy atom. The van der Waals surface area contributed by atoms with Crippen molar-refractivity contribution in [2.24, 2.45) is 0 Å². The summed E-state index contributed by atoms with van der Waals surface area (Å²) in [6.07, 6.45) is -0.770. The molecule has 0 atom stereocenters. The Morgan fingerprint density at radius 3 is 2.62 bits per heavy atom. The van der Waals surface area contributed by atoms with Gasteiger partial charge in [0.2, 0.25) is 0 Å². The SMILES string of the molecule is CCOC(=O)N(O)c1ccccc1. The van der Waals surface area contributed by atoms with Gasteiger partial charge < -0.3 is 4.74 Å². The van der Waals surface area contributed by atoms with Crippen LogP contribution in [0.2, 0.25) is 0 Å². The molecule has 1 aromatic carbocycles. The van der Waals surface area contributed by atoms with Crippen molar-refractivity contribution in [2.45, 2.75) is 6.92 Å². The summed E-state index contributed by atoms with van der Waals surface area (Å²) in [5.41, 5.74) is 0.390. The number of carbonyl (C=O) groups is 1. The number of amides is 1. The van der Waals surface area contributed by atoms with Gasteiger partial charge >= 0.3 is 6.09 Å². The average molecular weight is 181 g/mol. The van der Waals surface area contributed by atoms with Crippen molar-refractivity contribution < 1.29 is 14.7 Å². The van der Waals surface area contributed by atoms with Gasteiger partial charge in [-0.3, -0.25) is 5.21 Å². The first-order valence-electron chi connectivity index (χ1n) is 3.96. The molecular formula is C9H11NO3. The Bertz CT molecular complexity index is 273. The smallest absolute Gasteiger partial charge is 0.438 e. The number of rotatable bonds is 2. The standard InChI is InChI=1S/C9H11NO3/c1-2-13-9(11)10(12)8-6-4-3-5-7-8/h3-7,12H,2H2,1H3. The lowest BCUT2D eigenvalue weighted by molar-refractivity contribution is 0.125. The van der Waals surface area contributed by atoms with Gasteiger partial charge in [-0.1, -0.05) is 18.2 Å². The molecule has 0 fully saturated rings. The zero-order valence-electron chi connectivity index (χ0n) is 7.30. The summed E-state index contributed by atoms with van der Waals surface area (Å²) in [6.45, 7) is 1.92. The summed E-state index contributed by atoms with van der Waals surface area (Å²) in [7, 11) is 0. The van der Waals surface area contributed by atoms with Crippen molar-refractivity contribution in [3.05, 3.63) is 30.3 Å². The Kier molecular flexibility index (Phi) is 3.28. The third-order valence-corrected chi connectivity index (χ3v) is 1.44. The lowest BCUT2D eigenvalue weighted by Crippen LogP contribution is -2.27. The Balaban J connectivity index is 2.68. The maximum atomic E-state index is 11.0. The number of anilines is 1. The fourth-order valence-corrected chi connectivity index (χ4v) is 0.859. The van der Waals surface area contributed by atoms with Crippen LogP contribution in [0.4, 0.5) is 10.5 Å². The lowest BCUT2D eigenvalue weighted by Gasteiger charge is -2.13. The average Bonchev–Trinajstić information content (AvgIpc) is 2.18. The van der Waals surface area contributed by atoms with E-state index in [0.717, 1.165) is 0 Å². The van der Waals surface area contributed by atoms with E-state index in [-0.39, 0.29) is 6.61 Å². The van der Waals surface area contributed by atoms with E-state index in [1.165, 1.54) is 0 Å². The number of nitrogens with zero attached hydrogens (tertiary/aromatic N) is 1. The third-order valence-electron chi connectivity index (χ3n) is 1.44. The zero-order chi connectivity index (χ0) is 9.68. The maximum absolute atomic E-state index is 11.0. The molecule has 0 heterocycles. The molecule has 4 heteroatoms. The molecule has 0 saturated carbocycles. The lowest BCUT2D eigenvalue weighted by atomic mass is 10.3. The molecular weight excluding hydrogens is 170 g/mol. The summed E-state index contributed by atoms with van der Waals surface area (Å²) < 4.78 is 4.60. The van der Waals surface area contributed by atoms with E-state index >= 15 is 0 Å². The molecule has 0 unspecified atom stereocenters. The largest absolute Gasteiger partial charge is 0.448 e. The highest BCUT2D eigenvalue weighted by atomic mass is 16.6. The van der Waals surface area contributed by atoms with Crippen LogP contribution in [0.1, 0.15) is 6.92 Å². The molecule has 0 radical (unpaired) electrons. The predicted octanol–water partition coefficient (Wildman–Crippen LogP) is 2.04. The quantitative estimate of drug-likeness (QED) is 0.561. The zero-order valence-corrected chi connectivity index (χ0v) is 7.30. The van der Waals surface area contributed by atoms with Crippen LogP contribution in [0.25, 0.3) is 0 Å². The Labute approximate surface area is 76.3 Å². The molecule has 4 nitrogen and oxygen atoms in total. The number of benzene rings is 1. The molecule has 0 aliphatic heterocycles. The van der Waals surface area contributed by atoms with Crippen molar-refractivity contribution in [3.63, 3.8) is 0 Å². The summed E-state index contributed by atoms with van der Waals surface area (Å²) in [4.78, 5) is 11.0. The molecule has 0 aliphatic rings. The number of ether oxygens (including phenoxy) is 1. The molecule has 0 saturated heterocycles. The van der Waals surface area contributed by atoms with Gasteiger partial charge in [-0.25, -0.2) is 4.79 Å². The molecule has 1 rings (SSSR count). The monoisotopic (exact) mass is 181 g/mol. The van der Waals surface area contributed by atoms with Crippen LogP contribution in [0, 0.1) is 0 Å². The van der Waals surface area contributed by atoms with Crippen molar-refractivity contribution in [3.8, 4) is 0 Å². The second-order valence-electron chi connectivity index (χ2n) is 2.35. The molecule has 70 valence electrons. The van der Waals surface area contributed by atoms with Crippen LogP contribution >= 0.6 is 0 Å². The number of hydrogen-bond donors (Lipinski definition) is 1. The molecule has 1 aromatic rings. The minimum atomic E-state index is -0.770. The molecule has 13 heavy (non-hydrogen) atoms. The van der Waals surface area contributed by atoms with E-state index in [1.54, 1.807) is 37.3 Å². The van der Waals surface area contributed by atoms with E-state index < -0.39 is 6.09 Å². The minimum Gasteiger partial charge on any atom is -0.448 e. The highest BCUT2D eigenvalue weighted by Gasteiger charge is 2.12. The fraction of sp³-hybridized carbons (Fsp3) is 0.222. The summed E-state index contributed by atoms with van der Waals surface area (Å²) in [6, 6.07) is 8.45. The molecule has 0 spiro atoms. The highest BCUT2D eigenvalue weighted by Crippen LogP contribution is 2.11. The van der Waals surface area contributed by atoms with Gasteiger partial charge in [0.05, 0.1) is 12.3 Å². The van der Waals surface area contributed by atoms with Gasteiger partial charge in [0.25, 0.3) is 0 Å². The molecule has 1 N–H and O–H groups in total. The summed E-state index contributed by atoms with van der Waals surface area (Å²) in [5.74, 6) is 0. The van der Waals surface area contributed by atoms with Crippen molar-refractivity contribution in [2.75, 3.05) is 11.7 Å². The van der Waals surface area contributed by atoms with Crippen LogP contribution in [-0.4, -0.2) is 17.9 Å². The second kappa shape index (κ2) is 4.47. The molecule has 0 aromatic heterocycles. The van der Waals surface area contributed by atoms with E-state index in [9.17, 15) is 10.0 Å².